The molecule has 0 radical (unpaired) electrons. The van der Waals surface area contributed by atoms with Crippen LogP contribution in [-0.4, -0.2) is 51.5 Å². The van der Waals surface area contributed by atoms with E-state index in [1.54, 1.807) is 4.90 Å². The van der Waals surface area contributed by atoms with Crippen molar-refractivity contribution in [1.29, 1.82) is 0 Å². The Morgan fingerprint density at radius 3 is 2.96 bits per heavy atom. The van der Waals surface area contributed by atoms with E-state index in [4.69, 9.17) is 9.47 Å². The molecule has 0 saturated carbocycles. The van der Waals surface area contributed by atoms with Gasteiger partial charge < -0.3 is 24.3 Å². The summed E-state index contributed by atoms with van der Waals surface area (Å²) in [5, 5.41) is 11.5. The van der Waals surface area contributed by atoms with Crippen LogP contribution >= 0.6 is 0 Å². The lowest BCUT2D eigenvalue weighted by atomic mass is 10.2. The van der Waals surface area contributed by atoms with Crippen LogP contribution in [-0.2, 0) is 19.5 Å². The van der Waals surface area contributed by atoms with Crippen molar-refractivity contribution >= 4 is 6.03 Å². The molecule has 1 aromatic carbocycles. The van der Waals surface area contributed by atoms with Crippen molar-refractivity contribution in [1.82, 2.24) is 25.0 Å². The van der Waals surface area contributed by atoms with Crippen molar-refractivity contribution in [3.05, 3.63) is 35.9 Å². The van der Waals surface area contributed by atoms with Gasteiger partial charge >= 0.3 is 6.03 Å². The van der Waals surface area contributed by atoms with Crippen molar-refractivity contribution in [2.24, 2.45) is 0 Å². The van der Waals surface area contributed by atoms with Crippen LogP contribution in [0.3, 0.4) is 0 Å². The number of likely N-dealkylation sites (N-methyl/N-ethyl adjacent to an activating group) is 1. The lowest BCUT2D eigenvalue weighted by Crippen LogP contribution is -2.47. The van der Waals surface area contributed by atoms with Crippen LogP contribution in [0.5, 0.6) is 11.5 Å². The highest BCUT2D eigenvalue weighted by Gasteiger charge is 2.25. The number of fused-ring (bicyclic) bond motifs is 2. The standard InChI is InChI=1S/C20H27N5O3/c1-2-24(13-15-14-27-16-8-5-6-9-17(16)28-15)20(26)21-12-19-23-22-18-10-4-3-7-11-25(18)19/h5-6,8-9,15H,2-4,7,10-14H2,1H3,(H,21,26). The third-order valence-electron chi connectivity index (χ3n) is 5.24. The molecule has 1 atom stereocenters. The van der Waals surface area contributed by atoms with E-state index in [1.807, 2.05) is 31.2 Å². The highest BCUT2D eigenvalue weighted by molar-refractivity contribution is 5.74. The largest absolute Gasteiger partial charge is 0.486 e. The van der Waals surface area contributed by atoms with Gasteiger partial charge in [0, 0.05) is 19.5 Å². The van der Waals surface area contributed by atoms with Crippen LogP contribution in [0.25, 0.3) is 0 Å². The highest BCUT2D eigenvalue weighted by atomic mass is 16.6. The maximum Gasteiger partial charge on any atom is 0.317 e. The predicted molar refractivity (Wildman–Crippen MR) is 103 cm³/mol. The van der Waals surface area contributed by atoms with E-state index in [9.17, 15) is 4.79 Å². The molecule has 150 valence electrons. The molecule has 2 aliphatic rings. The molecule has 2 aliphatic heterocycles. The van der Waals surface area contributed by atoms with Crippen LogP contribution in [0, 0.1) is 0 Å². The second-order valence-corrected chi connectivity index (χ2v) is 7.19. The van der Waals surface area contributed by atoms with Gasteiger partial charge in [-0.25, -0.2) is 4.79 Å². The van der Waals surface area contributed by atoms with E-state index in [0.717, 1.165) is 49.0 Å². The minimum Gasteiger partial charge on any atom is -0.486 e. The Labute approximate surface area is 164 Å². The molecule has 28 heavy (non-hydrogen) atoms. The van der Waals surface area contributed by atoms with Gasteiger partial charge in [-0.15, -0.1) is 10.2 Å². The number of benzene rings is 1. The molecule has 2 amide bonds. The zero-order valence-electron chi connectivity index (χ0n) is 16.3. The number of hydrogen-bond donors (Lipinski definition) is 1. The van der Waals surface area contributed by atoms with Crippen molar-refractivity contribution in [2.45, 2.75) is 51.8 Å². The number of aromatic nitrogens is 3. The summed E-state index contributed by atoms with van der Waals surface area (Å²) < 4.78 is 13.9. The minimum atomic E-state index is -0.190. The topological polar surface area (TPSA) is 81.5 Å². The molecule has 1 N–H and O–H groups in total. The number of ether oxygens (including phenoxy) is 2. The van der Waals surface area contributed by atoms with Gasteiger partial charge in [0.1, 0.15) is 12.4 Å². The number of urea groups is 1. The van der Waals surface area contributed by atoms with Crippen molar-refractivity contribution < 1.29 is 14.3 Å². The molecule has 1 unspecified atom stereocenters. The monoisotopic (exact) mass is 385 g/mol. The van der Waals surface area contributed by atoms with Gasteiger partial charge in [0.05, 0.1) is 13.1 Å². The van der Waals surface area contributed by atoms with Crippen LogP contribution in [0.1, 0.15) is 37.8 Å². The van der Waals surface area contributed by atoms with E-state index in [-0.39, 0.29) is 12.1 Å². The number of carbonyl (C=O) groups excluding carboxylic acids is 1. The summed E-state index contributed by atoms with van der Waals surface area (Å²) in [5.74, 6) is 3.33. The molecular weight excluding hydrogens is 358 g/mol. The molecule has 0 spiro atoms. The lowest BCUT2D eigenvalue weighted by molar-refractivity contribution is 0.0675. The molecule has 0 bridgehead atoms. The van der Waals surface area contributed by atoms with Gasteiger partial charge in [-0.05, 0) is 31.9 Å². The quantitative estimate of drug-likeness (QED) is 0.855. The van der Waals surface area contributed by atoms with Gasteiger partial charge in [0.15, 0.2) is 23.4 Å². The number of aryl methyl sites for hydroxylation is 1. The molecule has 0 fully saturated rings. The van der Waals surface area contributed by atoms with Crippen LogP contribution in [0.2, 0.25) is 0 Å². The molecule has 8 heteroatoms. The summed E-state index contributed by atoms with van der Waals surface area (Å²) >= 11 is 0. The summed E-state index contributed by atoms with van der Waals surface area (Å²) in [7, 11) is 0. The summed E-state index contributed by atoms with van der Waals surface area (Å²) in [5.41, 5.74) is 0. The van der Waals surface area contributed by atoms with Crippen LogP contribution < -0.4 is 14.8 Å². The maximum atomic E-state index is 12.7. The molecule has 8 nitrogen and oxygen atoms in total. The van der Waals surface area contributed by atoms with Crippen LogP contribution in [0.4, 0.5) is 4.79 Å². The van der Waals surface area contributed by atoms with Gasteiger partial charge in [-0.1, -0.05) is 18.6 Å². The Morgan fingerprint density at radius 2 is 2.11 bits per heavy atom. The fourth-order valence-electron chi connectivity index (χ4n) is 3.70. The average molecular weight is 385 g/mol. The van der Waals surface area contributed by atoms with Crippen molar-refractivity contribution in [3.63, 3.8) is 0 Å². The molecule has 1 aromatic heterocycles. The van der Waals surface area contributed by atoms with E-state index in [1.165, 1.54) is 6.42 Å². The normalized spacial score (nSPS) is 18.1. The van der Waals surface area contributed by atoms with Gasteiger partial charge in [0.25, 0.3) is 0 Å². The Bertz CT molecular complexity index is 822. The fraction of sp³-hybridized carbons (Fsp3) is 0.550. The zero-order chi connectivity index (χ0) is 19.3. The zero-order valence-corrected chi connectivity index (χ0v) is 16.3. The first-order valence-electron chi connectivity index (χ1n) is 10.1. The maximum absolute atomic E-state index is 12.7. The van der Waals surface area contributed by atoms with Crippen LogP contribution in [0.15, 0.2) is 24.3 Å². The second kappa shape index (κ2) is 8.50. The average Bonchev–Trinajstić information content (AvgIpc) is 2.96. The van der Waals surface area contributed by atoms with E-state index in [2.05, 4.69) is 20.1 Å². The number of hydrogen-bond acceptors (Lipinski definition) is 5. The van der Waals surface area contributed by atoms with Crippen molar-refractivity contribution in [2.75, 3.05) is 19.7 Å². The Morgan fingerprint density at radius 1 is 1.25 bits per heavy atom. The number of nitrogens with zero attached hydrogens (tertiary/aromatic N) is 4. The van der Waals surface area contributed by atoms with Gasteiger partial charge in [0.2, 0.25) is 0 Å². The Kier molecular flexibility index (Phi) is 5.64. The minimum absolute atomic E-state index is 0.129. The first-order valence-corrected chi connectivity index (χ1v) is 10.1. The van der Waals surface area contributed by atoms with Gasteiger partial charge in [-0.2, -0.15) is 0 Å². The lowest BCUT2D eigenvalue weighted by Gasteiger charge is -2.30. The smallest absolute Gasteiger partial charge is 0.317 e. The molecule has 0 aliphatic carbocycles. The number of para-hydroxylation sites is 2. The third kappa shape index (κ3) is 4.05. The fourth-order valence-corrected chi connectivity index (χ4v) is 3.70. The predicted octanol–water partition coefficient (Wildman–Crippen LogP) is 2.38. The van der Waals surface area contributed by atoms with Gasteiger partial charge in [-0.3, -0.25) is 0 Å². The Balaban J connectivity index is 1.33. The van der Waals surface area contributed by atoms with E-state index >= 15 is 0 Å². The SMILES string of the molecule is CCN(CC1COc2ccccc2O1)C(=O)NCc1nnc2n1CCCCC2. The molecular formula is C20H27N5O3. The molecule has 3 heterocycles. The molecule has 2 aromatic rings. The number of amides is 2. The van der Waals surface area contributed by atoms with Crippen molar-refractivity contribution in [3.8, 4) is 11.5 Å². The van der Waals surface area contributed by atoms with E-state index < -0.39 is 0 Å². The summed E-state index contributed by atoms with van der Waals surface area (Å²) in [6.45, 7) is 4.75. The molecule has 0 saturated heterocycles. The Hall–Kier alpha value is -2.77. The van der Waals surface area contributed by atoms with E-state index in [0.29, 0.717) is 26.2 Å². The molecule has 4 rings (SSSR count). The third-order valence-corrected chi connectivity index (χ3v) is 5.24. The first kappa shape index (κ1) is 18.6. The first-order chi connectivity index (χ1) is 13.7. The summed E-state index contributed by atoms with van der Waals surface area (Å²) in [4.78, 5) is 14.4. The summed E-state index contributed by atoms with van der Waals surface area (Å²) in [6.07, 6.45) is 4.27. The highest BCUT2D eigenvalue weighted by Crippen LogP contribution is 2.31. The summed E-state index contributed by atoms with van der Waals surface area (Å²) in [6, 6.07) is 7.47. The number of nitrogens with one attached hydrogen (secondary N) is 1. The number of carbonyl (C=O) groups is 1. The number of rotatable bonds is 5. The second-order valence-electron chi connectivity index (χ2n) is 7.19.